The van der Waals surface area contributed by atoms with Crippen LogP contribution in [0.1, 0.15) is 6.42 Å². The average Bonchev–Trinajstić information content (AvgIpc) is 2.63. The Balaban J connectivity index is 2.16. The zero-order valence-corrected chi connectivity index (χ0v) is 11.9. The van der Waals surface area contributed by atoms with E-state index in [1.54, 1.807) is 24.3 Å². The first-order valence-electron chi connectivity index (χ1n) is 5.48. The third-order valence-electron chi connectivity index (χ3n) is 2.60. The lowest BCUT2D eigenvalue weighted by Crippen LogP contribution is -2.31. The van der Waals surface area contributed by atoms with Gasteiger partial charge in [-0.2, -0.15) is 0 Å². The van der Waals surface area contributed by atoms with Crippen LogP contribution >= 0.6 is 27.7 Å². The van der Waals surface area contributed by atoms with Crippen LogP contribution in [0.15, 0.2) is 28.7 Å². The maximum absolute atomic E-state index is 12.1. The Bertz CT molecular complexity index is 463. The fraction of sp³-hybridized carbons (Fsp3) is 0.333. The molecule has 1 saturated heterocycles. The summed E-state index contributed by atoms with van der Waals surface area (Å²) < 4.78 is 0.900. The summed E-state index contributed by atoms with van der Waals surface area (Å²) in [5, 5.41) is 8.39. The van der Waals surface area contributed by atoms with Crippen LogP contribution in [0.5, 0.6) is 0 Å². The molecule has 1 aliphatic heterocycles. The number of hydrogen-bond donors (Lipinski definition) is 1. The standard InChI is InChI=1S/C12H12BrNO3S/c13-8-1-3-9(4-2-8)14-11(16)7-10(12(14)17)18-6-5-15/h1-4,10,15H,5-7H2. The molecule has 1 atom stereocenters. The van der Waals surface area contributed by atoms with Crippen LogP contribution in [-0.2, 0) is 9.59 Å². The molecule has 1 N–H and O–H groups in total. The Kier molecular flexibility index (Phi) is 4.42. The third kappa shape index (κ3) is 2.76. The van der Waals surface area contributed by atoms with E-state index in [9.17, 15) is 9.59 Å². The predicted octanol–water partition coefficient (Wildman–Crippen LogP) is 1.81. The second-order valence-corrected chi connectivity index (χ2v) is 6.06. The molecule has 2 amide bonds. The molecule has 1 aromatic rings. The maximum Gasteiger partial charge on any atom is 0.247 e. The van der Waals surface area contributed by atoms with Crippen molar-refractivity contribution in [1.29, 1.82) is 0 Å². The molecule has 2 rings (SSSR count). The second-order valence-electron chi connectivity index (χ2n) is 3.83. The van der Waals surface area contributed by atoms with Gasteiger partial charge in [-0.15, -0.1) is 11.8 Å². The van der Waals surface area contributed by atoms with Crippen molar-refractivity contribution in [2.45, 2.75) is 11.7 Å². The number of carbonyl (C=O) groups is 2. The van der Waals surface area contributed by atoms with Crippen LogP contribution in [0.4, 0.5) is 5.69 Å². The van der Waals surface area contributed by atoms with Crippen LogP contribution < -0.4 is 4.90 Å². The fourth-order valence-corrected chi connectivity index (χ4v) is 2.95. The van der Waals surface area contributed by atoms with Crippen molar-refractivity contribution >= 4 is 45.2 Å². The average molecular weight is 330 g/mol. The molecule has 1 aliphatic rings. The number of imide groups is 1. The molecule has 1 heterocycles. The molecular weight excluding hydrogens is 318 g/mol. The number of rotatable bonds is 4. The van der Waals surface area contributed by atoms with E-state index >= 15 is 0 Å². The first-order chi connectivity index (χ1) is 8.63. The van der Waals surface area contributed by atoms with Gasteiger partial charge in [-0.25, -0.2) is 4.90 Å². The van der Waals surface area contributed by atoms with Crippen LogP contribution in [-0.4, -0.2) is 34.5 Å². The zero-order chi connectivity index (χ0) is 13.1. The Morgan fingerprint density at radius 2 is 2.00 bits per heavy atom. The number of benzene rings is 1. The molecule has 96 valence electrons. The molecule has 6 heteroatoms. The summed E-state index contributed by atoms with van der Waals surface area (Å²) in [4.78, 5) is 25.2. The van der Waals surface area contributed by atoms with Gasteiger partial charge in [-0.3, -0.25) is 9.59 Å². The van der Waals surface area contributed by atoms with Crippen molar-refractivity contribution < 1.29 is 14.7 Å². The zero-order valence-electron chi connectivity index (χ0n) is 9.51. The van der Waals surface area contributed by atoms with Crippen LogP contribution in [0.25, 0.3) is 0 Å². The number of carbonyl (C=O) groups excluding carboxylic acids is 2. The molecule has 0 radical (unpaired) electrons. The van der Waals surface area contributed by atoms with Crippen LogP contribution in [0, 0.1) is 0 Å². The van der Waals surface area contributed by atoms with Gasteiger partial charge >= 0.3 is 0 Å². The number of halogens is 1. The highest BCUT2D eigenvalue weighted by Crippen LogP contribution is 2.30. The molecule has 0 spiro atoms. The number of aliphatic hydroxyl groups excluding tert-OH is 1. The summed E-state index contributed by atoms with van der Waals surface area (Å²) in [5.41, 5.74) is 0.597. The van der Waals surface area contributed by atoms with Crippen molar-refractivity contribution in [1.82, 2.24) is 0 Å². The minimum atomic E-state index is -0.367. The van der Waals surface area contributed by atoms with Gasteiger partial charge in [0.2, 0.25) is 11.8 Å². The van der Waals surface area contributed by atoms with E-state index in [4.69, 9.17) is 5.11 Å². The Morgan fingerprint density at radius 3 is 2.61 bits per heavy atom. The molecule has 0 saturated carbocycles. The smallest absolute Gasteiger partial charge is 0.247 e. The first-order valence-corrected chi connectivity index (χ1v) is 7.32. The van der Waals surface area contributed by atoms with E-state index in [0.29, 0.717) is 11.4 Å². The molecule has 0 bridgehead atoms. The largest absolute Gasteiger partial charge is 0.396 e. The number of hydrogen-bond acceptors (Lipinski definition) is 4. The summed E-state index contributed by atoms with van der Waals surface area (Å²) in [5.74, 6) is 0.0937. The highest BCUT2D eigenvalue weighted by Gasteiger charge is 2.39. The van der Waals surface area contributed by atoms with Gasteiger partial charge in [0.05, 0.1) is 17.5 Å². The normalized spacial score (nSPS) is 19.7. The molecule has 1 unspecified atom stereocenters. The van der Waals surface area contributed by atoms with Gasteiger partial charge in [-0.05, 0) is 24.3 Å². The van der Waals surface area contributed by atoms with Crippen molar-refractivity contribution in [3.63, 3.8) is 0 Å². The third-order valence-corrected chi connectivity index (χ3v) is 4.32. The van der Waals surface area contributed by atoms with Gasteiger partial charge < -0.3 is 5.11 Å². The Morgan fingerprint density at radius 1 is 1.33 bits per heavy atom. The lowest BCUT2D eigenvalue weighted by Gasteiger charge is -2.14. The van der Waals surface area contributed by atoms with E-state index in [-0.39, 0.29) is 30.1 Å². The van der Waals surface area contributed by atoms with Gasteiger partial charge in [0.1, 0.15) is 0 Å². The van der Waals surface area contributed by atoms with E-state index in [1.165, 1.54) is 16.7 Å². The minimum absolute atomic E-state index is 0.0148. The minimum Gasteiger partial charge on any atom is -0.396 e. The van der Waals surface area contributed by atoms with Crippen molar-refractivity contribution in [2.24, 2.45) is 0 Å². The molecule has 0 aromatic heterocycles. The molecule has 18 heavy (non-hydrogen) atoms. The molecule has 1 aromatic carbocycles. The van der Waals surface area contributed by atoms with Gasteiger partial charge in [0.25, 0.3) is 0 Å². The lowest BCUT2D eigenvalue weighted by atomic mass is 10.3. The molecular formula is C12H12BrNO3S. The SMILES string of the molecule is O=C1CC(SCCO)C(=O)N1c1ccc(Br)cc1. The summed E-state index contributed by atoms with van der Waals surface area (Å²) >= 11 is 4.64. The number of nitrogens with zero attached hydrogens (tertiary/aromatic N) is 1. The Labute approximate surface area is 117 Å². The highest BCUT2D eigenvalue weighted by atomic mass is 79.9. The van der Waals surface area contributed by atoms with E-state index in [2.05, 4.69) is 15.9 Å². The maximum atomic E-state index is 12.1. The van der Waals surface area contributed by atoms with Crippen molar-refractivity contribution in [3.05, 3.63) is 28.7 Å². The van der Waals surface area contributed by atoms with Gasteiger partial charge in [0.15, 0.2) is 0 Å². The van der Waals surface area contributed by atoms with Gasteiger partial charge in [-0.1, -0.05) is 15.9 Å². The lowest BCUT2D eigenvalue weighted by molar-refractivity contribution is -0.121. The summed E-state index contributed by atoms with van der Waals surface area (Å²) in [6.07, 6.45) is 0.208. The highest BCUT2D eigenvalue weighted by molar-refractivity contribution is 9.10. The van der Waals surface area contributed by atoms with Gasteiger partial charge in [0, 0.05) is 16.6 Å². The first kappa shape index (κ1) is 13.6. The van der Waals surface area contributed by atoms with Crippen LogP contribution in [0.2, 0.25) is 0 Å². The van der Waals surface area contributed by atoms with E-state index in [1.807, 2.05) is 0 Å². The Hall–Kier alpha value is -0.850. The van der Waals surface area contributed by atoms with E-state index in [0.717, 1.165) is 4.47 Å². The number of aliphatic hydroxyl groups is 1. The van der Waals surface area contributed by atoms with Crippen molar-refractivity contribution in [2.75, 3.05) is 17.3 Å². The monoisotopic (exact) mass is 329 g/mol. The second kappa shape index (κ2) is 5.86. The summed E-state index contributed by atoms with van der Waals surface area (Å²) in [7, 11) is 0. The summed E-state index contributed by atoms with van der Waals surface area (Å²) in [6.45, 7) is 0.0148. The fourth-order valence-electron chi connectivity index (χ4n) is 1.79. The van der Waals surface area contributed by atoms with Crippen molar-refractivity contribution in [3.8, 4) is 0 Å². The topological polar surface area (TPSA) is 57.6 Å². The molecule has 4 nitrogen and oxygen atoms in total. The predicted molar refractivity (Wildman–Crippen MR) is 74.6 cm³/mol. The summed E-state index contributed by atoms with van der Waals surface area (Å²) in [6, 6.07) is 7.06. The quantitative estimate of drug-likeness (QED) is 0.856. The van der Waals surface area contributed by atoms with E-state index < -0.39 is 0 Å². The molecule has 1 fully saturated rings. The van der Waals surface area contributed by atoms with Crippen LogP contribution in [0.3, 0.4) is 0 Å². The molecule has 0 aliphatic carbocycles. The number of amides is 2. The number of thioether (sulfide) groups is 1. The number of anilines is 1.